The maximum atomic E-state index is 12.1. The van der Waals surface area contributed by atoms with Crippen molar-refractivity contribution < 1.29 is 4.79 Å². The molecule has 0 spiro atoms. The molecule has 0 fully saturated rings. The van der Waals surface area contributed by atoms with Crippen LogP contribution in [0.3, 0.4) is 0 Å². The van der Waals surface area contributed by atoms with Gasteiger partial charge in [-0.25, -0.2) is 4.98 Å². The third-order valence-corrected chi connectivity index (χ3v) is 5.33. The second kappa shape index (κ2) is 5.63. The second-order valence-corrected chi connectivity index (χ2v) is 7.11. The monoisotopic (exact) mass is 307 g/mol. The average Bonchev–Trinajstić information content (AvgIpc) is 3.03. The summed E-state index contributed by atoms with van der Waals surface area (Å²) in [6.07, 6.45) is 0.979. The molecule has 2 aromatic rings. The predicted molar refractivity (Wildman–Crippen MR) is 83.8 cm³/mol. The SMILES string of the molecule is CCN1CCc2nc(NC(=O)c3csc(C)c3)sc2C1. The third-order valence-electron chi connectivity index (χ3n) is 3.47. The predicted octanol–water partition coefficient (Wildman–Crippen LogP) is 3.14. The number of carbonyl (C=O) groups excluding carboxylic acids is 1. The van der Waals surface area contributed by atoms with E-state index in [1.807, 2.05) is 18.4 Å². The molecule has 0 radical (unpaired) electrons. The molecule has 4 nitrogen and oxygen atoms in total. The van der Waals surface area contributed by atoms with Crippen molar-refractivity contribution in [1.82, 2.24) is 9.88 Å². The first-order valence-electron chi connectivity index (χ1n) is 6.73. The number of amides is 1. The molecule has 0 unspecified atom stereocenters. The van der Waals surface area contributed by atoms with Gasteiger partial charge in [0, 0.05) is 34.6 Å². The molecular formula is C14H17N3OS2. The lowest BCUT2D eigenvalue weighted by Crippen LogP contribution is -2.29. The fraction of sp³-hybridized carbons (Fsp3) is 0.429. The number of fused-ring (bicyclic) bond motifs is 1. The number of aryl methyl sites for hydroxylation is 1. The van der Waals surface area contributed by atoms with Gasteiger partial charge in [0.15, 0.2) is 5.13 Å². The van der Waals surface area contributed by atoms with Crippen LogP contribution in [0.15, 0.2) is 11.4 Å². The Morgan fingerprint density at radius 3 is 3.10 bits per heavy atom. The Labute approximate surface area is 126 Å². The van der Waals surface area contributed by atoms with Crippen molar-refractivity contribution in [2.75, 3.05) is 18.4 Å². The highest BCUT2D eigenvalue weighted by atomic mass is 32.1. The van der Waals surface area contributed by atoms with E-state index in [2.05, 4.69) is 22.1 Å². The number of thiazole rings is 1. The molecule has 0 aromatic carbocycles. The van der Waals surface area contributed by atoms with E-state index >= 15 is 0 Å². The number of nitrogens with zero attached hydrogens (tertiary/aromatic N) is 2. The summed E-state index contributed by atoms with van der Waals surface area (Å²) >= 11 is 3.19. The molecule has 3 heterocycles. The van der Waals surface area contributed by atoms with Gasteiger partial charge in [-0.1, -0.05) is 6.92 Å². The zero-order chi connectivity index (χ0) is 14.1. The highest BCUT2D eigenvalue weighted by molar-refractivity contribution is 7.16. The number of hydrogen-bond acceptors (Lipinski definition) is 5. The number of thiophene rings is 1. The molecule has 0 atom stereocenters. The number of carbonyl (C=O) groups is 1. The van der Waals surface area contributed by atoms with E-state index < -0.39 is 0 Å². The van der Waals surface area contributed by atoms with Crippen molar-refractivity contribution in [3.63, 3.8) is 0 Å². The van der Waals surface area contributed by atoms with Crippen molar-refractivity contribution in [1.29, 1.82) is 0 Å². The van der Waals surface area contributed by atoms with Gasteiger partial charge in [-0.2, -0.15) is 0 Å². The second-order valence-electron chi connectivity index (χ2n) is 4.91. The highest BCUT2D eigenvalue weighted by Gasteiger charge is 2.20. The first-order valence-corrected chi connectivity index (χ1v) is 8.42. The molecular weight excluding hydrogens is 290 g/mol. The number of aromatic nitrogens is 1. The Hall–Kier alpha value is -1.24. The van der Waals surface area contributed by atoms with Gasteiger partial charge < -0.3 is 0 Å². The first kappa shape index (κ1) is 13.7. The summed E-state index contributed by atoms with van der Waals surface area (Å²) in [7, 11) is 0. The highest BCUT2D eigenvalue weighted by Crippen LogP contribution is 2.28. The molecule has 0 aliphatic carbocycles. The maximum Gasteiger partial charge on any atom is 0.258 e. The summed E-state index contributed by atoms with van der Waals surface area (Å²) in [5, 5.41) is 5.53. The quantitative estimate of drug-likeness (QED) is 0.947. The lowest BCUT2D eigenvalue weighted by molar-refractivity contribution is 0.102. The Kier molecular flexibility index (Phi) is 3.87. The summed E-state index contributed by atoms with van der Waals surface area (Å²) in [6.45, 7) is 7.25. The number of rotatable bonds is 3. The topological polar surface area (TPSA) is 45.2 Å². The molecule has 0 saturated carbocycles. The van der Waals surface area contributed by atoms with Crippen LogP contribution in [-0.4, -0.2) is 28.9 Å². The van der Waals surface area contributed by atoms with Crippen molar-refractivity contribution in [2.45, 2.75) is 26.8 Å². The van der Waals surface area contributed by atoms with E-state index in [0.29, 0.717) is 0 Å². The molecule has 1 N–H and O–H groups in total. The summed E-state index contributed by atoms with van der Waals surface area (Å²) in [4.78, 5) is 21.5. The van der Waals surface area contributed by atoms with Crippen LogP contribution < -0.4 is 5.32 Å². The molecule has 1 amide bonds. The van der Waals surface area contributed by atoms with E-state index in [1.165, 1.54) is 4.88 Å². The van der Waals surface area contributed by atoms with Crippen LogP contribution in [0.5, 0.6) is 0 Å². The van der Waals surface area contributed by atoms with Crippen LogP contribution in [0.2, 0.25) is 0 Å². The Balaban J connectivity index is 1.73. The summed E-state index contributed by atoms with van der Waals surface area (Å²) in [5.74, 6) is -0.0622. The lowest BCUT2D eigenvalue weighted by Gasteiger charge is -2.23. The molecule has 1 aliphatic rings. The number of anilines is 1. The largest absolute Gasteiger partial charge is 0.298 e. The molecule has 106 valence electrons. The van der Waals surface area contributed by atoms with Crippen LogP contribution in [0, 0.1) is 6.92 Å². The Morgan fingerprint density at radius 2 is 2.40 bits per heavy atom. The molecule has 0 saturated heterocycles. The minimum Gasteiger partial charge on any atom is -0.298 e. The van der Waals surface area contributed by atoms with Crippen molar-refractivity contribution >= 4 is 33.7 Å². The molecule has 20 heavy (non-hydrogen) atoms. The molecule has 0 bridgehead atoms. The standard InChI is InChI=1S/C14H17N3OS2/c1-3-17-5-4-11-12(7-17)20-14(15-11)16-13(18)10-6-9(2)19-8-10/h6,8H,3-5,7H2,1-2H3,(H,15,16,18). The van der Waals surface area contributed by atoms with Gasteiger partial charge in [0.2, 0.25) is 0 Å². The van der Waals surface area contributed by atoms with Gasteiger partial charge in [-0.05, 0) is 19.5 Å². The minimum atomic E-state index is -0.0622. The normalized spacial score (nSPS) is 15.1. The van der Waals surface area contributed by atoms with Gasteiger partial charge >= 0.3 is 0 Å². The van der Waals surface area contributed by atoms with Gasteiger partial charge in [-0.15, -0.1) is 22.7 Å². The molecule has 3 rings (SSSR count). The maximum absolute atomic E-state index is 12.1. The van der Waals surface area contributed by atoms with E-state index in [4.69, 9.17) is 0 Å². The molecule has 6 heteroatoms. The van der Waals surface area contributed by atoms with E-state index in [9.17, 15) is 4.79 Å². The zero-order valence-electron chi connectivity index (χ0n) is 11.6. The summed E-state index contributed by atoms with van der Waals surface area (Å²) in [6, 6.07) is 1.91. The molecule has 1 aliphatic heterocycles. The fourth-order valence-corrected chi connectivity index (χ4v) is 4.03. The molecule has 2 aromatic heterocycles. The van der Waals surface area contributed by atoms with Crippen molar-refractivity contribution in [3.8, 4) is 0 Å². The zero-order valence-corrected chi connectivity index (χ0v) is 13.2. The van der Waals surface area contributed by atoms with Crippen LogP contribution in [0.4, 0.5) is 5.13 Å². The average molecular weight is 307 g/mol. The van der Waals surface area contributed by atoms with Gasteiger partial charge in [0.1, 0.15) is 0 Å². The van der Waals surface area contributed by atoms with Gasteiger partial charge in [0.25, 0.3) is 5.91 Å². The van der Waals surface area contributed by atoms with Crippen LogP contribution in [0.1, 0.15) is 32.7 Å². The number of likely N-dealkylation sites (N-methyl/N-ethyl adjacent to an activating group) is 1. The van der Waals surface area contributed by atoms with E-state index in [-0.39, 0.29) is 5.91 Å². The van der Waals surface area contributed by atoms with Crippen LogP contribution >= 0.6 is 22.7 Å². The van der Waals surface area contributed by atoms with Crippen molar-refractivity contribution in [3.05, 3.63) is 32.5 Å². The van der Waals surface area contributed by atoms with Gasteiger partial charge in [0.05, 0.1) is 11.3 Å². The number of hydrogen-bond donors (Lipinski definition) is 1. The van der Waals surface area contributed by atoms with Crippen LogP contribution in [0.25, 0.3) is 0 Å². The van der Waals surface area contributed by atoms with E-state index in [1.54, 1.807) is 22.7 Å². The first-order chi connectivity index (χ1) is 9.65. The Bertz CT molecular complexity index is 632. The summed E-state index contributed by atoms with van der Waals surface area (Å²) < 4.78 is 0. The van der Waals surface area contributed by atoms with Crippen molar-refractivity contribution in [2.24, 2.45) is 0 Å². The lowest BCUT2D eigenvalue weighted by atomic mass is 10.2. The number of nitrogens with one attached hydrogen (secondary N) is 1. The summed E-state index contributed by atoms with van der Waals surface area (Å²) in [5.41, 5.74) is 1.87. The third kappa shape index (κ3) is 2.77. The minimum absolute atomic E-state index is 0.0622. The van der Waals surface area contributed by atoms with Gasteiger partial charge in [-0.3, -0.25) is 15.0 Å². The van der Waals surface area contributed by atoms with Crippen LogP contribution in [-0.2, 0) is 13.0 Å². The Morgan fingerprint density at radius 1 is 1.55 bits per heavy atom. The smallest absolute Gasteiger partial charge is 0.258 e. The fourth-order valence-electron chi connectivity index (χ4n) is 2.30. The van der Waals surface area contributed by atoms with E-state index in [0.717, 1.165) is 47.3 Å².